The SMILES string of the molecule is Cn1nc(OCC(=O)Nc2ccccc2O)c2scc(-c3ccncc3)c2c1=O. The van der Waals surface area contributed by atoms with Crippen LogP contribution in [0.25, 0.3) is 21.2 Å². The molecule has 0 saturated heterocycles. The minimum atomic E-state index is -0.457. The van der Waals surface area contributed by atoms with Crippen LogP contribution in [-0.4, -0.2) is 32.4 Å². The highest BCUT2D eigenvalue weighted by atomic mass is 32.1. The van der Waals surface area contributed by atoms with Gasteiger partial charge in [-0.3, -0.25) is 14.6 Å². The van der Waals surface area contributed by atoms with Gasteiger partial charge in [0.2, 0.25) is 5.88 Å². The molecule has 4 rings (SSSR count). The summed E-state index contributed by atoms with van der Waals surface area (Å²) in [5.41, 5.74) is 1.66. The molecule has 4 aromatic rings. The van der Waals surface area contributed by atoms with Gasteiger partial charge < -0.3 is 15.2 Å². The Morgan fingerprint density at radius 2 is 2.00 bits per heavy atom. The van der Waals surface area contributed by atoms with E-state index in [1.165, 1.54) is 29.1 Å². The number of nitrogens with zero attached hydrogens (tertiary/aromatic N) is 3. The van der Waals surface area contributed by atoms with Gasteiger partial charge in [-0.25, -0.2) is 4.68 Å². The summed E-state index contributed by atoms with van der Waals surface area (Å²) in [7, 11) is 1.53. The first kappa shape index (κ1) is 18.6. The Morgan fingerprint density at radius 1 is 1.24 bits per heavy atom. The predicted octanol–water partition coefficient (Wildman–Crippen LogP) is 2.78. The first-order valence-electron chi connectivity index (χ1n) is 8.64. The zero-order chi connectivity index (χ0) is 20.4. The maximum Gasteiger partial charge on any atom is 0.276 e. The monoisotopic (exact) mass is 408 g/mol. The number of phenolic OH excluding ortho intramolecular Hbond substituents is 1. The normalized spacial score (nSPS) is 10.8. The third kappa shape index (κ3) is 3.67. The molecule has 0 fully saturated rings. The number of carbonyl (C=O) groups is 1. The number of thiophene rings is 1. The van der Waals surface area contributed by atoms with E-state index in [0.29, 0.717) is 10.1 Å². The molecule has 0 unspecified atom stereocenters. The van der Waals surface area contributed by atoms with Crippen molar-refractivity contribution in [2.45, 2.75) is 0 Å². The number of hydrogen-bond acceptors (Lipinski definition) is 7. The van der Waals surface area contributed by atoms with E-state index < -0.39 is 5.91 Å². The molecule has 1 amide bonds. The molecule has 0 aliphatic rings. The number of aryl methyl sites for hydroxylation is 1. The summed E-state index contributed by atoms with van der Waals surface area (Å²) >= 11 is 1.32. The lowest BCUT2D eigenvalue weighted by atomic mass is 10.1. The molecule has 3 aromatic heterocycles. The smallest absolute Gasteiger partial charge is 0.276 e. The van der Waals surface area contributed by atoms with Crippen molar-refractivity contribution in [2.24, 2.45) is 7.05 Å². The molecule has 0 aliphatic carbocycles. The number of nitrogens with one attached hydrogen (secondary N) is 1. The highest BCUT2D eigenvalue weighted by Crippen LogP contribution is 2.35. The van der Waals surface area contributed by atoms with Gasteiger partial charge >= 0.3 is 0 Å². The average molecular weight is 408 g/mol. The quantitative estimate of drug-likeness (QED) is 0.492. The average Bonchev–Trinajstić information content (AvgIpc) is 3.18. The minimum absolute atomic E-state index is 0.0382. The molecule has 0 atom stereocenters. The molecular weight excluding hydrogens is 392 g/mol. The molecular formula is C20H16N4O4S. The second-order valence-corrected chi connectivity index (χ2v) is 7.06. The van der Waals surface area contributed by atoms with Crippen LogP contribution in [0.15, 0.2) is 59.0 Å². The molecule has 2 N–H and O–H groups in total. The molecule has 0 spiro atoms. The Balaban J connectivity index is 1.62. The van der Waals surface area contributed by atoms with Crippen molar-refractivity contribution in [2.75, 3.05) is 11.9 Å². The third-order valence-corrected chi connectivity index (χ3v) is 5.21. The number of benzene rings is 1. The van der Waals surface area contributed by atoms with Crippen molar-refractivity contribution in [1.82, 2.24) is 14.8 Å². The predicted molar refractivity (Wildman–Crippen MR) is 110 cm³/mol. The number of carbonyl (C=O) groups excluding carboxylic acids is 1. The molecule has 8 nitrogen and oxygen atoms in total. The Morgan fingerprint density at radius 3 is 2.76 bits per heavy atom. The highest BCUT2D eigenvalue weighted by Gasteiger charge is 2.18. The molecule has 0 radical (unpaired) electrons. The number of ether oxygens (including phenoxy) is 1. The van der Waals surface area contributed by atoms with Crippen molar-refractivity contribution in [3.63, 3.8) is 0 Å². The van der Waals surface area contributed by atoms with Crippen LogP contribution >= 0.6 is 11.3 Å². The molecule has 146 valence electrons. The second-order valence-electron chi connectivity index (χ2n) is 6.18. The van der Waals surface area contributed by atoms with Gasteiger partial charge in [-0.15, -0.1) is 16.4 Å². The van der Waals surface area contributed by atoms with E-state index in [1.54, 1.807) is 30.6 Å². The summed E-state index contributed by atoms with van der Waals surface area (Å²) in [6, 6.07) is 10.0. The van der Waals surface area contributed by atoms with Gasteiger partial charge in [-0.1, -0.05) is 12.1 Å². The second kappa shape index (κ2) is 7.72. The fourth-order valence-corrected chi connectivity index (χ4v) is 3.86. The van der Waals surface area contributed by atoms with Crippen molar-refractivity contribution >= 4 is 33.0 Å². The van der Waals surface area contributed by atoms with Crippen molar-refractivity contribution < 1.29 is 14.6 Å². The number of anilines is 1. The Labute approximate surface area is 169 Å². The minimum Gasteiger partial charge on any atom is -0.506 e. The molecule has 3 heterocycles. The Hall–Kier alpha value is -3.72. The number of pyridine rings is 1. The lowest BCUT2D eigenvalue weighted by Gasteiger charge is -2.10. The lowest BCUT2D eigenvalue weighted by Crippen LogP contribution is -2.23. The van der Waals surface area contributed by atoms with E-state index in [1.807, 2.05) is 17.5 Å². The van der Waals surface area contributed by atoms with E-state index in [9.17, 15) is 14.7 Å². The summed E-state index contributed by atoms with van der Waals surface area (Å²) in [5, 5.41) is 18.8. The van der Waals surface area contributed by atoms with Gasteiger partial charge in [-0.2, -0.15) is 0 Å². The topological polar surface area (TPSA) is 106 Å². The van der Waals surface area contributed by atoms with Crippen LogP contribution in [0.3, 0.4) is 0 Å². The number of fused-ring (bicyclic) bond motifs is 1. The van der Waals surface area contributed by atoms with E-state index >= 15 is 0 Å². The third-order valence-electron chi connectivity index (χ3n) is 4.24. The van der Waals surface area contributed by atoms with E-state index in [-0.39, 0.29) is 29.5 Å². The van der Waals surface area contributed by atoms with Gasteiger partial charge in [0.25, 0.3) is 11.5 Å². The number of phenols is 1. The molecule has 0 aliphatic heterocycles. The fraction of sp³-hybridized carbons (Fsp3) is 0.100. The summed E-state index contributed by atoms with van der Waals surface area (Å²) < 4.78 is 7.37. The van der Waals surface area contributed by atoms with Crippen LogP contribution < -0.4 is 15.6 Å². The molecule has 0 bridgehead atoms. The van der Waals surface area contributed by atoms with E-state index in [0.717, 1.165) is 11.1 Å². The zero-order valence-corrected chi connectivity index (χ0v) is 16.1. The number of hydrogen-bond donors (Lipinski definition) is 2. The van der Waals surface area contributed by atoms with Crippen LogP contribution in [0, 0.1) is 0 Å². The highest BCUT2D eigenvalue weighted by molar-refractivity contribution is 7.18. The van der Waals surface area contributed by atoms with Gasteiger partial charge in [0.1, 0.15) is 10.4 Å². The fourth-order valence-electron chi connectivity index (χ4n) is 2.85. The first-order chi connectivity index (χ1) is 14.0. The van der Waals surface area contributed by atoms with Crippen molar-refractivity contribution in [1.29, 1.82) is 0 Å². The van der Waals surface area contributed by atoms with Gasteiger partial charge in [0.15, 0.2) is 6.61 Å². The number of para-hydroxylation sites is 2. The molecule has 0 saturated carbocycles. The standard InChI is InChI=1S/C20H16N4O4S/c1-24-20(27)17-13(12-6-8-21-9-7-12)11-29-18(17)19(23-24)28-10-16(26)22-14-4-2-3-5-15(14)25/h2-9,11,25H,10H2,1H3,(H,22,26). The first-order valence-corrected chi connectivity index (χ1v) is 9.52. The van der Waals surface area contributed by atoms with Crippen LogP contribution in [-0.2, 0) is 11.8 Å². The zero-order valence-electron chi connectivity index (χ0n) is 15.3. The van der Waals surface area contributed by atoms with E-state index in [4.69, 9.17) is 4.74 Å². The molecule has 9 heteroatoms. The summed E-state index contributed by atoms with van der Waals surface area (Å²) in [6.45, 7) is -0.322. The van der Waals surface area contributed by atoms with Crippen LogP contribution in [0.4, 0.5) is 5.69 Å². The summed E-state index contributed by atoms with van der Waals surface area (Å²) in [5.74, 6) is -0.301. The molecule has 29 heavy (non-hydrogen) atoms. The van der Waals surface area contributed by atoms with Crippen molar-refractivity contribution in [3.05, 3.63) is 64.5 Å². The largest absolute Gasteiger partial charge is 0.506 e. The number of aromatic hydroxyl groups is 1. The van der Waals surface area contributed by atoms with Crippen LogP contribution in [0.2, 0.25) is 0 Å². The maximum atomic E-state index is 12.7. The van der Waals surface area contributed by atoms with Crippen molar-refractivity contribution in [3.8, 4) is 22.8 Å². The Kier molecular flexibility index (Phi) is 4.96. The number of aromatic nitrogens is 3. The Bertz CT molecular complexity index is 1250. The number of rotatable bonds is 5. The van der Waals surface area contributed by atoms with Gasteiger partial charge in [0.05, 0.1) is 11.1 Å². The maximum absolute atomic E-state index is 12.7. The summed E-state index contributed by atoms with van der Waals surface area (Å²) in [6.07, 6.45) is 3.32. The van der Waals surface area contributed by atoms with Gasteiger partial charge in [0, 0.05) is 30.4 Å². The van der Waals surface area contributed by atoms with Crippen LogP contribution in [0.5, 0.6) is 11.6 Å². The van der Waals surface area contributed by atoms with Gasteiger partial charge in [-0.05, 0) is 29.8 Å². The summed E-state index contributed by atoms with van der Waals surface area (Å²) in [4.78, 5) is 28.9. The van der Waals surface area contributed by atoms with Crippen LogP contribution in [0.1, 0.15) is 0 Å². The number of amides is 1. The van der Waals surface area contributed by atoms with E-state index in [2.05, 4.69) is 15.4 Å². The molecule has 1 aromatic carbocycles. The lowest BCUT2D eigenvalue weighted by molar-refractivity contribution is -0.118.